The van der Waals surface area contributed by atoms with Crippen LogP contribution in [-0.4, -0.2) is 39.9 Å². The van der Waals surface area contributed by atoms with Crippen LogP contribution in [0.5, 0.6) is 5.75 Å². The molecule has 6 nitrogen and oxygen atoms in total. The van der Waals surface area contributed by atoms with Gasteiger partial charge in [0.15, 0.2) is 5.69 Å². The van der Waals surface area contributed by atoms with Crippen LogP contribution in [0.15, 0.2) is 24.3 Å². The Morgan fingerprint density at radius 1 is 1.38 bits per heavy atom. The van der Waals surface area contributed by atoms with E-state index < -0.39 is 5.97 Å². The number of carbonyl (C=O) groups is 1. The van der Waals surface area contributed by atoms with Crippen LogP contribution in [0.4, 0.5) is 0 Å². The van der Waals surface area contributed by atoms with Gasteiger partial charge in [-0.05, 0) is 25.5 Å². The minimum atomic E-state index is -0.494. The maximum atomic E-state index is 11.8. The highest BCUT2D eigenvalue weighted by atomic mass is 79.9. The van der Waals surface area contributed by atoms with Crippen LogP contribution in [0.1, 0.15) is 23.8 Å². The van der Waals surface area contributed by atoms with Gasteiger partial charge in [0.2, 0.25) is 0 Å². The van der Waals surface area contributed by atoms with Crippen molar-refractivity contribution in [2.45, 2.75) is 13.3 Å². The van der Waals surface area contributed by atoms with Crippen LogP contribution in [0.25, 0.3) is 11.3 Å². The molecule has 0 bridgehead atoms. The van der Waals surface area contributed by atoms with Crippen LogP contribution in [0.3, 0.4) is 0 Å². The molecule has 0 atom stereocenters. The largest absolute Gasteiger partial charge is 0.494 e. The summed E-state index contributed by atoms with van der Waals surface area (Å²) < 4.78 is 10.6. The van der Waals surface area contributed by atoms with Crippen LogP contribution >= 0.6 is 15.9 Å². The number of nitrogens with zero attached hydrogens (tertiary/aromatic N) is 2. The predicted octanol–water partition coefficient (Wildman–Crippen LogP) is 2.81. The highest BCUT2D eigenvalue weighted by Gasteiger charge is 2.19. The Hall–Kier alpha value is -1.89. The number of benzene rings is 1. The van der Waals surface area contributed by atoms with Crippen LogP contribution in [0.2, 0.25) is 0 Å². The summed E-state index contributed by atoms with van der Waals surface area (Å²) in [6.07, 6.45) is 0.919. The van der Waals surface area contributed by atoms with Gasteiger partial charge in [0, 0.05) is 10.9 Å². The lowest BCUT2D eigenvalue weighted by molar-refractivity contribution is 0.0520. The summed E-state index contributed by atoms with van der Waals surface area (Å²) >= 11 is 3.36. The zero-order valence-corrected chi connectivity index (χ0v) is 13.2. The molecule has 112 valence electrons. The number of alkyl halides is 1. The summed E-state index contributed by atoms with van der Waals surface area (Å²) in [5.41, 5.74) is 1.39. The lowest BCUT2D eigenvalue weighted by Crippen LogP contribution is -2.06. The Bertz CT molecular complexity index is 601. The molecule has 0 aliphatic heterocycles. The van der Waals surface area contributed by atoms with Gasteiger partial charge in [0.1, 0.15) is 11.4 Å². The van der Waals surface area contributed by atoms with Gasteiger partial charge >= 0.3 is 5.97 Å². The van der Waals surface area contributed by atoms with Gasteiger partial charge < -0.3 is 9.47 Å². The first-order valence-electron chi connectivity index (χ1n) is 6.63. The van der Waals surface area contributed by atoms with Gasteiger partial charge in [-0.3, -0.25) is 0 Å². The SMILES string of the molecule is CCOC(=O)c1n[nH]nc1-c1cccc(OCCCBr)c1. The van der Waals surface area contributed by atoms with Gasteiger partial charge in [-0.25, -0.2) is 4.79 Å². The molecule has 2 rings (SSSR count). The Morgan fingerprint density at radius 2 is 2.24 bits per heavy atom. The Labute approximate surface area is 131 Å². The normalized spacial score (nSPS) is 10.4. The van der Waals surface area contributed by atoms with Gasteiger partial charge in [-0.15, -0.1) is 5.10 Å². The number of H-pyrrole nitrogens is 1. The summed E-state index contributed by atoms with van der Waals surface area (Å²) in [5.74, 6) is 0.234. The van der Waals surface area contributed by atoms with E-state index in [2.05, 4.69) is 31.3 Å². The molecule has 0 saturated carbocycles. The maximum Gasteiger partial charge on any atom is 0.361 e. The van der Waals surface area contributed by atoms with Crippen molar-refractivity contribution >= 4 is 21.9 Å². The number of aromatic amines is 1. The van der Waals surface area contributed by atoms with E-state index in [1.165, 1.54) is 0 Å². The van der Waals surface area contributed by atoms with Crippen molar-refractivity contribution in [1.29, 1.82) is 0 Å². The number of carbonyl (C=O) groups excluding carboxylic acids is 1. The van der Waals surface area contributed by atoms with E-state index in [0.717, 1.165) is 23.1 Å². The maximum absolute atomic E-state index is 11.8. The third kappa shape index (κ3) is 4.04. The third-order valence-corrected chi connectivity index (χ3v) is 3.23. The molecular weight excluding hydrogens is 338 g/mol. The van der Waals surface area contributed by atoms with E-state index in [1.807, 2.05) is 24.3 Å². The molecule has 0 spiro atoms. The molecule has 0 amide bonds. The summed E-state index contributed by atoms with van der Waals surface area (Å²) in [6.45, 7) is 2.66. The van der Waals surface area contributed by atoms with Crippen molar-refractivity contribution in [2.24, 2.45) is 0 Å². The average Bonchev–Trinajstić information content (AvgIpc) is 2.98. The highest BCUT2D eigenvalue weighted by Crippen LogP contribution is 2.24. The summed E-state index contributed by atoms with van der Waals surface area (Å²) in [7, 11) is 0. The average molecular weight is 354 g/mol. The van der Waals surface area contributed by atoms with Crippen molar-refractivity contribution < 1.29 is 14.3 Å². The van der Waals surface area contributed by atoms with E-state index in [-0.39, 0.29) is 5.69 Å². The molecule has 0 aliphatic carbocycles. The quantitative estimate of drug-likeness (QED) is 0.470. The number of aromatic nitrogens is 3. The fourth-order valence-corrected chi connectivity index (χ4v) is 1.98. The van der Waals surface area contributed by atoms with Crippen molar-refractivity contribution in [3.8, 4) is 17.0 Å². The molecule has 1 aromatic carbocycles. The smallest absolute Gasteiger partial charge is 0.361 e. The fourth-order valence-electron chi connectivity index (χ4n) is 1.75. The molecule has 0 aliphatic rings. The molecule has 2 aromatic rings. The molecule has 1 heterocycles. The molecular formula is C14H16BrN3O3. The molecule has 0 radical (unpaired) electrons. The monoisotopic (exact) mass is 353 g/mol. The van der Waals surface area contributed by atoms with Crippen LogP contribution in [0, 0.1) is 0 Å². The van der Waals surface area contributed by atoms with Gasteiger partial charge in [0.25, 0.3) is 0 Å². The molecule has 1 aromatic heterocycles. The Balaban J connectivity index is 2.20. The minimum absolute atomic E-state index is 0.175. The summed E-state index contributed by atoms with van der Waals surface area (Å²) in [5, 5.41) is 11.2. The zero-order valence-electron chi connectivity index (χ0n) is 11.6. The number of hydrogen-bond donors (Lipinski definition) is 1. The van der Waals surface area contributed by atoms with Crippen molar-refractivity contribution in [2.75, 3.05) is 18.5 Å². The zero-order chi connectivity index (χ0) is 15.1. The number of ether oxygens (including phenoxy) is 2. The van der Waals surface area contributed by atoms with Crippen molar-refractivity contribution in [3.05, 3.63) is 30.0 Å². The second-order valence-electron chi connectivity index (χ2n) is 4.16. The molecule has 0 unspecified atom stereocenters. The minimum Gasteiger partial charge on any atom is -0.494 e. The van der Waals surface area contributed by atoms with Gasteiger partial charge in [0.05, 0.1) is 13.2 Å². The third-order valence-electron chi connectivity index (χ3n) is 2.67. The topological polar surface area (TPSA) is 77.1 Å². The lowest BCUT2D eigenvalue weighted by atomic mass is 10.1. The second kappa shape index (κ2) is 7.78. The number of esters is 1. The van der Waals surface area contributed by atoms with E-state index >= 15 is 0 Å². The molecule has 21 heavy (non-hydrogen) atoms. The fraction of sp³-hybridized carbons (Fsp3) is 0.357. The lowest BCUT2D eigenvalue weighted by Gasteiger charge is -2.06. The number of rotatable bonds is 7. The van der Waals surface area contributed by atoms with Gasteiger partial charge in [-0.2, -0.15) is 10.3 Å². The molecule has 1 N–H and O–H groups in total. The first-order chi connectivity index (χ1) is 10.3. The predicted molar refractivity (Wildman–Crippen MR) is 81.7 cm³/mol. The van der Waals surface area contributed by atoms with Gasteiger partial charge in [-0.1, -0.05) is 28.1 Å². The van der Waals surface area contributed by atoms with Crippen molar-refractivity contribution in [3.63, 3.8) is 0 Å². The van der Waals surface area contributed by atoms with Crippen LogP contribution in [-0.2, 0) is 4.74 Å². The van der Waals surface area contributed by atoms with Crippen molar-refractivity contribution in [1.82, 2.24) is 15.4 Å². The molecule has 7 heteroatoms. The summed E-state index contributed by atoms with van der Waals surface area (Å²) in [4.78, 5) is 11.8. The molecule has 0 saturated heterocycles. The number of hydrogen-bond acceptors (Lipinski definition) is 5. The Kier molecular flexibility index (Phi) is 5.74. The number of nitrogens with one attached hydrogen (secondary N) is 1. The van der Waals surface area contributed by atoms with E-state index in [1.54, 1.807) is 6.92 Å². The highest BCUT2D eigenvalue weighted by molar-refractivity contribution is 9.09. The van der Waals surface area contributed by atoms with E-state index in [9.17, 15) is 4.79 Å². The Morgan fingerprint density at radius 3 is 3.00 bits per heavy atom. The van der Waals surface area contributed by atoms with Crippen LogP contribution < -0.4 is 4.74 Å². The summed E-state index contributed by atoms with van der Waals surface area (Å²) in [6, 6.07) is 7.39. The van der Waals surface area contributed by atoms with E-state index in [0.29, 0.717) is 18.9 Å². The first-order valence-corrected chi connectivity index (χ1v) is 7.75. The standard InChI is InChI=1S/C14H16BrN3O3/c1-2-20-14(19)13-12(16-18-17-13)10-5-3-6-11(9-10)21-8-4-7-15/h3,5-6,9H,2,4,7-8H2,1H3,(H,16,17,18). The second-order valence-corrected chi connectivity index (χ2v) is 4.95. The first kappa shape index (κ1) is 15.5. The van der Waals surface area contributed by atoms with E-state index in [4.69, 9.17) is 9.47 Å². The number of halogens is 1. The molecule has 0 fully saturated rings.